The molecule has 0 aliphatic heterocycles. The van der Waals surface area contributed by atoms with Gasteiger partial charge in [-0.3, -0.25) is 14.2 Å². The molecule has 0 saturated heterocycles. The number of nitrogens with zero attached hydrogens (tertiary/aromatic N) is 4. The summed E-state index contributed by atoms with van der Waals surface area (Å²) in [5, 5.41) is 2.82. The van der Waals surface area contributed by atoms with E-state index in [1.165, 1.54) is 4.57 Å². The lowest BCUT2D eigenvalue weighted by Gasteiger charge is -2.14. The molecule has 35 heavy (non-hydrogen) atoms. The predicted octanol–water partition coefficient (Wildman–Crippen LogP) is 3.71. The van der Waals surface area contributed by atoms with Crippen LogP contribution >= 0.6 is 0 Å². The quantitative estimate of drug-likeness (QED) is 0.422. The molecule has 8 nitrogen and oxygen atoms in total. The summed E-state index contributed by atoms with van der Waals surface area (Å²) >= 11 is 0. The summed E-state index contributed by atoms with van der Waals surface area (Å²) in [5.41, 5.74) is 3.16. The number of carbonyl (C=O) groups excluding carboxylic acids is 1. The van der Waals surface area contributed by atoms with Gasteiger partial charge in [-0.25, -0.2) is 14.3 Å². The first-order valence-corrected chi connectivity index (χ1v) is 11.8. The second-order valence-electron chi connectivity index (χ2n) is 9.46. The normalized spacial score (nSPS) is 11.3. The van der Waals surface area contributed by atoms with Crippen LogP contribution in [0.15, 0.2) is 64.4 Å². The predicted molar refractivity (Wildman–Crippen MR) is 138 cm³/mol. The molecule has 0 fully saturated rings. The molecule has 182 valence electrons. The van der Waals surface area contributed by atoms with Crippen LogP contribution in [0.1, 0.15) is 37.0 Å². The second-order valence-corrected chi connectivity index (χ2v) is 9.46. The van der Waals surface area contributed by atoms with Crippen molar-refractivity contribution in [2.24, 2.45) is 5.92 Å². The van der Waals surface area contributed by atoms with Gasteiger partial charge >= 0.3 is 5.69 Å². The largest absolute Gasteiger partial charge is 0.333 e. The molecule has 0 radical (unpaired) electrons. The third-order valence-corrected chi connectivity index (χ3v) is 5.92. The minimum Gasteiger partial charge on any atom is -0.325 e. The first kappa shape index (κ1) is 24.2. The van der Waals surface area contributed by atoms with Gasteiger partial charge in [-0.15, -0.1) is 0 Å². The molecule has 1 N–H and O–H groups in total. The van der Waals surface area contributed by atoms with E-state index in [1.54, 1.807) is 10.9 Å². The van der Waals surface area contributed by atoms with Crippen LogP contribution in [0.2, 0.25) is 0 Å². The molecule has 0 aliphatic carbocycles. The van der Waals surface area contributed by atoms with Gasteiger partial charge < -0.3 is 9.88 Å². The molecule has 0 spiro atoms. The first-order chi connectivity index (χ1) is 16.7. The molecular formula is C27H31N5O3. The topological polar surface area (TPSA) is 90.9 Å². The number of nitrogens with one attached hydrogen (secondary N) is 1. The Balaban J connectivity index is 1.77. The number of hydrogen-bond acceptors (Lipinski definition) is 4. The third kappa shape index (κ3) is 5.42. The lowest BCUT2D eigenvalue weighted by Crippen LogP contribution is -2.43. The van der Waals surface area contributed by atoms with Gasteiger partial charge in [0.2, 0.25) is 5.91 Å². The van der Waals surface area contributed by atoms with E-state index in [2.05, 4.69) is 24.1 Å². The van der Waals surface area contributed by atoms with Crippen LogP contribution in [0.25, 0.3) is 11.2 Å². The van der Waals surface area contributed by atoms with E-state index in [1.807, 2.05) is 62.4 Å². The Morgan fingerprint density at radius 1 is 1.00 bits per heavy atom. The van der Waals surface area contributed by atoms with Crippen molar-refractivity contribution in [3.63, 3.8) is 0 Å². The number of anilines is 1. The number of aromatic nitrogens is 4. The van der Waals surface area contributed by atoms with Gasteiger partial charge in [0.05, 0.1) is 12.9 Å². The molecule has 1 amide bonds. The average Bonchev–Trinajstić information content (AvgIpc) is 3.22. The first-order valence-electron chi connectivity index (χ1n) is 11.8. The van der Waals surface area contributed by atoms with Gasteiger partial charge in [-0.2, -0.15) is 0 Å². The highest BCUT2D eigenvalue weighted by atomic mass is 16.2. The number of rotatable bonds is 8. The molecule has 0 atom stereocenters. The van der Waals surface area contributed by atoms with Crippen LogP contribution < -0.4 is 16.6 Å². The number of benzene rings is 2. The van der Waals surface area contributed by atoms with Crippen molar-refractivity contribution in [3.05, 3.63) is 92.4 Å². The van der Waals surface area contributed by atoms with Crippen molar-refractivity contribution in [2.75, 3.05) is 5.32 Å². The highest BCUT2D eigenvalue weighted by Crippen LogP contribution is 2.14. The smallest absolute Gasteiger partial charge is 0.325 e. The van der Waals surface area contributed by atoms with E-state index in [0.29, 0.717) is 29.3 Å². The van der Waals surface area contributed by atoms with Crippen LogP contribution in [-0.2, 0) is 24.4 Å². The van der Waals surface area contributed by atoms with Crippen molar-refractivity contribution < 1.29 is 4.79 Å². The van der Waals surface area contributed by atoms with Gasteiger partial charge in [-0.1, -0.05) is 50.2 Å². The van der Waals surface area contributed by atoms with E-state index in [4.69, 9.17) is 0 Å². The van der Waals surface area contributed by atoms with Gasteiger partial charge in [0, 0.05) is 12.2 Å². The van der Waals surface area contributed by atoms with E-state index in [-0.39, 0.29) is 13.1 Å². The van der Waals surface area contributed by atoms with Crippen molar-refractivity contribution in [1.82, 2.24) is 18.7 Å². The molecule has 2 aromatic carbocycles. The highest BCUT2D eigenvalue weighted by Gasteiger charge is 2.20. The number of carbonyl (C=O) groups is 1. The van der Waals surface area contributed by atoms with Crippen molar-refractivity contribution in [1.29, 1.82) is 0 Å². The van der Waals surface area contributed by atoms with Gasteiger partial charge in [0.1, 0.15) is 6.54 Å². The van der Waals surface area contributed by atoms with Crippen LogP contribution in [0.4, 0.5) is 5.69 Å². The fourth-order valence-electron chi connectivity index (χ4n) is 4.24. The average molecular weight is 474 g/mol. The van der Waals surface area contributed by atoms with Gasteiger partial charge in [-0.05, 0) is 55.0 Å². The second kappa shape index (κ2) is 10.1. The van der Waals surface area contributed by atoms with E-state index < -0.39 is 17.2 Å². The zero-order chi connectivity index (χ0) is 25.1. The molecule has 0 bridgehead atoms. The summed E-state index contributed by atoms with van der Waals surface area (Å²) in [6.07, 6.45) is 2.46. The Labute approximate surface area is 203 Å². The van der Waals surface area contributed by atoms with Crippen molar-refractivity contribution >= 4 is 22.8 Å². The number of aryl methyl sites for hydroxylation is 3. The molecule has 2 heterocycles. The standard InChI is InChI=1S/C27H31N5O3/c1-18(2)10-11-30-17-28-25-24(30)26(34)32(27(35)31(25)15-21-8-6-5-7-9-21)16-23(33)29-22-13-19(3)12-20(4)14-22/h5-9,12-14,17-18H,10-11,15-16H2,1-4H3,(H,29,33). The number of hydrogen-bond donors (Lipinski definition) is 1. The molecule has 0 saturated carbocycles. The lowest BCUT2D eigenvalue weighted by atomic mass is 10.1. The number of amides is 1. The Hall–Kier alpha value is -3.94. The molecule has 8 heteroatoms. The minimum atomic E-state index is -0.559. The molecule has 0 unspecified atom stereocenters. The summed E-state index contributed by atoms with van der Waals surface area (Å²) in [6, 6.07) is 15.2. The molecule has 2 aromatic heterocycles. The summed E-state index contributed by atoms with van der Waals surface area (Å²) in [7, 11) is 0. The summed E-state index contributed by atoms with van der Waals surface area (Å²) < 4.78 is 4.27. The molecular weight excluding hydrogens is 442 g/mol. The monoisotopic (exact) mass is 473 g/mol. The molecule has 4 rings (SSSR count). The van der Waals surface area contributed by atoms with Crippen molar-refractivity contribution in [2.45, 2.75) is 53.8 Å². The Morgan fingerprint density at radius 3 is 2.34 bits per heavy atom. The van der Waals surface area contributed by atoms with Crippen LogP contribution in [0.3, 0.4) is 0 Å². The summed E-state index contributed by atoms with van der Waals surface area (Å²) in [6.45, 7) is 8.58. The van der Waals surface area contributed by atoms with E-state index in [0.717, 1.165) is 27.7 Å². The van der Waals surface area contributed by atoms with E-state index in [9.17, 15) is 14.4 Å². The Morgan fingerprint density at radius 2 is 1.69 bits per heavy atom. The Bertz CT molecular complexity index is 1460. The summed E-state index contributed by atoms with van der Waals surface area (Å²) in [5.74, 6) is 0.00141. The van der Waals surface area contributed by atoms with Crippen LogP contribution in [-0.4, -0.2) is 24.6 Å². The summed E-state index contributed by atoms with van der Waals surface area (Å²) in [4.78, 5) is 44.3. The van der Waals surface area contributed by atoms with Crippen molar-refractivity contribution in [3.8, 4) is 0 Å². The molecule has 4 aromatic rings. The highest BCUT2D eigenvalue weighted by molar-refractivity contribution is 5.90. The fourth-order valence-corrected chi connectivity index (χ4v) is 4.24. The zero-order valence-electron chi connectivity index (χ0n) is 20.6. The minimum absolute atomic E-state index is 0.246. The van der Waals surface area contributed by atoms with Gasteiger partial charge in [0.25, 0.3) is 5.56 Å². The SMILES string of the molecule is Cc1cc(C)cc(NC(=O)Cn2c(=O)c3c(ncn3CCC(C)C)n(Cc3ccccc3)c2=O)c1. The van der Waals surface area contributed by atoms with E-state index >= 15 is 0 Å². The zero-order valence-corrected chi connectivity index (χ0v) is 20.6. The van der Waals surface area contributed by atoms with Crippen LogP contribution in [0.5, 0.6) is 0 Å². The fraction of sp³-hybridized carbons (Fsp3) is 0.333. The number of fused-ring (bicyclic) bond motifs is 1. The maximum atomic E-state index is 13.5. The maximum Gasteiger partial charge on any atom is 0.333 e. The molecule has 0 aliphatic rings. The maximum absolute atomic E-state index is 13.5. The Kier molecular flexibility index (Phi) is 7.00. The third-order valence-electron chi connectivity index (χ3n) is 5.92. The van der Waals surface area contributed by atoms with Crippen LogP contribution in [0, 0.1) is 19.8 Å². The number of imidazole rings is 1. The van der Waals surface area contributed by atoms with Gasteiger partial charge in [0.15, 0.2) is 11.2 Å². The lowest BCUT2D eigenvalue weighted by molar-refractivity contribution is -0.116.